The summed E-state index contributed by atoms with van der Waals surface area (Å²) in [4.78, 5) is 62.0. The highest BCUT2D eigenvalue weighted by atomic mass is 16.6. The first-order chi connectivity index (χ1) is 15.1. The van der Waals surface area contributed by atoms with Crippen molar-refractivity contribution < 1.29 is 33.4 Å². The average Bonchev–Trinajstić information content (AvgIpc) is 3.29. The Bertz CT molecular complexity index is 1080. The van der Waals surface area contributed by atoms with Gasteiger partial charge in [0.05, 0.1) is 42.1 Å². The van der Waals surface area contributed by atoms with Crippen molar-refractivity contribution in [3.63, 3.8) is 0 Å². The van der Waals surface area contributed by atoms with Crippen LogP contribution in [-0.2, 0) is 19.1 Å². The van der Waals surface area contributed by atoms with E-state index in [1.54, 1.807) is 12.1 Å². The van der Waals surface area contributed by atoms with E-state index in [-0.39, 0.29) is 54.3 Å². The molecule has 2 amide bonds. The number of nitrogens with one attached hydrogen (secondary N) is 1. The molecule has 2 heterocycles. The Balaban J connectivity index is 1.55. The number of rotatable bonds is 5. The Hall–Kier alpha value is -3.69. The molecular formula is C22H23N3O7. The van der Waals surface area contributed by atoms with Crippen molar-refractivity contribution in [2.24, 2.45) is 11.7 Å². The van der Waals surface area contributed by atoms with E-state index in [1.165, 1.54) is 24.8 Å². The van der Waals surface area contributed by atoms with Crippen molar-refractivity contribution in [1.82, 2.24) is 5.32 Å². The van der Waals surface area contributed by atoms with Gasteiger partial charge in [0.25, 0.3) is 0 Å². The number of Topliss-reactive ketones (excluding diaryl/α,β-unsaturated/α-hetero) is 2. The smallest absolute Gasteiger partial charge is 0.415 e. The summed E-state index contributed by atoms with van der Waals surface area (Å²) < 4.78 is 11.2. The maximum atomic E-state index is 13.0. The van der Waals surface area contributed by atoms with Crippen LogP contribution in [0.3, 0.4) is 0 Å². The molecule has 1 spiro atoms. The summed E-state index contributed by atoms with van der Waals surface area (Å²) in [6, 6.07) is 4.41. The van der Waals surface area contributed by atoms with E-state index >= 15 is 0 Å². The van der Waals surface area contributed by atoms with Crippen LogP contribution < -0.4 is 20.7 Å². The summed E-state index contributed by atoms with van der Waals surface area (Å²) >= 11 is 0. The van der Waals surface area contributed by atoms with Crippen LogP contribution >= 0.6 is 0 Å². The van der Waals surface area contributed by atoms with Crippen LogP contribution in [0, 0.1) is 5.92 Å². The zero-order valence-electron chi connectivity index (χ0n) is 17.7. The molecule has 3 N–H and O–H groups in total. The summed E-state index contributed by atoms with van der Waals surface area (Å²) in [7, 11) is 0. The van der Waals surface area contributed by atoms with E-state index in [0.29, 0.717) is 12.1 Å². The van der Waals surface area contributed by atoms with Crippen LogP contribution in [0.15, 0.2) is 30.0 Å². The van der Waals surface area contributed by atoms with Crippen molar-refractivity contribution in [3.8, 4) is 5.75 Å². The van der Waals surface area contributed by atoms with Gasteiger partial charge in [-0.2, -0.15) is 0 Å². The number of carbonyl (C=O) groups is 5. The van der Waals surface area contributed by atoms with Gasteiger partial charge in [0.1, 0.15) is 5.75 Å². The first-order valence-corrected chi connectivity index (χ1v) is 10.2. The highest BCUT2D eigenvalue weighted by Crippen LogP contribution is 2.46. The second kappa shape index (κ2) is 7.77. The van der Waals surface area contributed by atoms with Gasteiger partial charge in [0.2, 0.25) is 5.91 Å². The normalized spacial score (nSPS) is 26.7. The van der Waals surface area contributed by atoms with E-state index in [4.69, 9.17) is 15.2 Å². The van der Waals surface area contributed by atoms with Crippen molar-refractivity contribution in [3.05, 3.63) is 35.5 Å². The van der Waals surface area contributed by atoms with Crippen molar-refractivity contribution in [1.29, 1.82) is 0 Å². The molecule has 1 saturated carbocycles. The fourth-order valence-corrected chi connectivity index (χ4v) is 4.14. The first-order valence-electron chi connectivity index (χ1n) is 10.2. The summed E-state index contributed by atoms with van der Waals surface area (Å²) in [6.45, 7) is 3.02. The van der Waals surface area contributed by atoms with Gasteiger partial charge >= 0.3 is 6.09 Å². The second-order valence-corrected chi connectivity index (χ2v) is 8.29. The minimum atomic E-state index is -1.05. The topological polar surface area (TPSA) is 145 Å². The Morgan fingerprint density at radius 1 is 1.25 bits per heavy atom. The van der Waals surface area contributed by atoms with Crippen LogP contribution in [0.25, 0.3) is 0 Å². The number of nitrogens with two attached hydrogens (primary N) is 1. The zero-order valence-corrected chi connectivity index (χ0v) is 17.7. The Morgan fingerprint density at radius 2 is 2.00 bits per heavy atom. The summed E-state index contributed by atoms with van der Waals surface area (Å²) in [5.74, 6) is -2.45. The predicted octanol–water partition coefficient (Wildman–Crippen LogP) is 0.873. The number of nitrogens with zero attached hydrogens (tertiary/aromatic N) is 1. The number of amides is 2. The number of fused-ring (bicyclic) bond motifs is 1. The summed E-state index contributed by atoms with van der Waals surface area (Å²) in [6.07, 6.45) is 1.11. The van der Waals surface area contributed by atoms with Gasteiger partial charge in [0, 0.05) is 25.5 Å². The Labute approximate surface area is 183 Å². The molecule has 3 unspecified atom stereocenters. The van der Waals surface area contributed by atoms with Crippen molar-refractivity contribution in [2.75, 3.05) is 18.1 Å². The zero-order chi connectivity index (χ0) is 23.2. The van der Waals surface area contributed by atoms with Crippen molar-refractivity contribution in [2.45, 2.75) is 38.3 Å². The fraction of sp³-hybridized carbons (Fsp3) is 0.409. The molecule has 4 rings (SSSR count). The van der Waals surface area contributed by atoms with Gasteiger partial charge in [-0.1, -0.05) is 0 Å². The van der Waals surface area contributed by atoms with Gasteiger partial charge in [-0.15, -0.1) is 0 Å². The molecule has 3 aliphatic rings. The molecule has 2 aliphatic heterocycles. The number of hydrogen-bond acceptors (Lipinski definition) is 8. The number of ketones is 3. The molecular weight excluding hydrogens is 418 g/mol. The highest BCUT2D eigenvalue weighted by molar-refractivity contribution is 6.18. The van der Waals surface area contributed by atoms with Crippen LogP contribution in [0.4, 0.5) is 10.5 Å². The number of allylic oxidation sites excluding steroid dienone is 2. The van der Waals surface area contributed by atoms with E-state index in [1.807, 2.05) is 0 Å². The van der Waals surface area contributed by atoms with E-state index in [9.17, 15) is 24.0 Å². The molecule has 0 aromatic heterocycles. The number of benzene rings is 1. The minimum Gasteiger partial charge on any atom is -0.493 e. The monoisotopic (exact) mass is 441 g/mol. The number of hydrogen-bond donors (Lipinski definition) is 2. The molecule has 0 bridgehead atoms. The fourth-order valence-electron chi connectivity index (χ4n) is 4.14. The average molecular weight is 441 g/mol. The summed E-state index contributed by atoms with van der Waals surface area (Å²) in [5, 5.41) is 2.76. The third kappa shape index (κ3) is 3.83. The lowest BCUT2D eigenvalue weighted by Gasteiger charge is -2.16. The Kier molecular flexibility index (Phi) is 5.23. The number of ether oxygens (including phenoxy) is 2. The molecule has 3 atom stereocenters. The van der Waals surface area contributed by atoms with Gasteiger partial charge < -0.3 is 20.5 Å². The van der Waals surface area contributed by atoms with Crippen LogP contribution in [0.2, 0.25) is 0 Å². The van der Waals surface area contributed by atoms with Gasteiger partial charge in [-0.25, -0.2) is 4.79 Å². The molecule has 168 valence electrons. The second-order valence-electron chi connectivity index (χ2n) is 8.29. The maximum absolute atomic E-state index is 13.0. The van der Waals surface area contributed by atoms with Gasteiger partial charge in [0.15, 0.2) is 23.0 Å². The van der Waals surface area contributed by atoms with Crippen LogP contribution in [0.1, 0.15) is 37.0 Å². The minimum absolute atomic E-state index is 0.0882. The third-order valence-electron chi connectivity index (χ3n) is 5.82. The third-order valence-corrected chi connectivity index (χ3v) is 5.82. The largest absolute Gasteiger partial charge is 0.493 e. The van der Waals surface area contributed by atoms with Crippen molar-refractivity contribution >= 4 is 35.0 Å². The van der Waals surface area contributed by atoms with E-state index in [2.05, 4.69) is 5.32 Å². The molecule has 10 nitrogen and oxygen atoms in total. The highest BCUT2D eigenvalue weighted by Gasteiger charge is 2.64. The van der Waals surface area contributed by atoms with Gasteiger partial charge in [-0.05, 0) is 25.5 Å². The molecule has 32 heavy (non-hydrogen) atoms. The molecule has 0 radical (unpaired) electrons. The SMILES string of the molecule is CC(=O)C=C(N)C(=O)C1CCOc2cc(N3CC4(CC4NC(C)=O)OC3=O)ccc2C1=O. The molecule has 10 heteroatoms. The first kappa shape index (κ1) is 21.5. The molecule has 1 aliphatic carbocycles. The number of anilines is 1. The standard InChI is InChI=1S/C22H23N3O7/c1-11(26)7-16(23)20(29)15-5-6-31-17-8-13(3-4-14(17)19(15)28)25-10-22(32-21(25)30)9-18(22)24-12(2)27/h3-4,7-8,15,18H,5-6,9-10,23H2,1-2H3,(H,24,27). The number of carbonyl (C=O) groups excluding carboxylic acids is 5. The lowest BCUT2D eigenvalue weighted by molar-refractivity contribution is -0.119. The predicted molar refractivity (Wildman–Crippen MR) is 111 cm³/mol. The molecule has 1 saturated heterocycles. The lowest BCUT2D eigenvalue weighted by Crippen LogP contribution is -2.33. The van der Waals surface area contributed by atoms with Crippen LogP contribution in [-0.4, -0.2) is 54.1 Å². The maximum Gasteiger partial charge on any atom is 0.415 e. The molecule has 1 aromatic carbocycles. The lowest BCUT2D eigenvalue weighted by atomic mass is 9.89. The quantitative estimate of drug-likeness (QED) is 0.506. The molecule has 1 aromatic rings. The molecule has 2 fully saturated rings. The van der Waals surface area contributed by atoms with E-state index < -0.39 is 29.2 Å². The summed E-state index contributed by atoms with van der Waals surface area (Å²) in [5.41, 5.74) is 5.36. The van der Waals surface area contributed by atoms with E-state index in [0.717, 1.165) is 6.08 Å². The van der Waals surface area contributed by atoms with Crippen LogP contribution in [0.5, 0.6) is 5.75 Å². The van der Waals surface area contributed by atoms with Gasteiger partial charge in [-0.3, -0.25) is 24.1 Å². The Morgan fingerprint density at radius 3 is 2.69 bits per heavy atom.